The number of hydrogen-bond acceptors (Lipinski definition) is 6. The zero-order valence-electron chi connectivity index (χ0n) is 17.4. The number of rotatable bonds is 5. The molecule has 1 unspecified atom stereocenters. The van der Waals surface area contributed by atoms with E-state index in [1.54, 1.807) is 20.0 Å². The molecule has 0 aliphatic carbocycles. The molecule has 0 N–H and O–H groups in total. The maximum absolute atomic E-state index is 13.4. The average Bonchev–Trinajstić information content (AvgIpc) is 2.92. The van der Waals surface area contributed by atoms with Gasteiger partial charge in [-0.1, -0.05) is 19.9 Å². The highest BCUT2D eigenvalue weighted by Gasteiger charge is 2.49. The van der Waals surface area contributed by atoms with Gasteiger partial charge in [0.2, 0.25) is 11.7 Å². The van der Waals surface area contributed by atoms with Crippen molar-refractivity contribution in [3.8, 4) is 0 Å². The molecule has 1 aromatic rings. The van der Waals surface area contributed by atoms with Gasteiger partial charge in [0, 0.05) is 45.7 Å². The fourth-order valence-corrected chi connectivity index (χ4v) is 4.03. The maximum Gasteiger partial charge on any atom is 0.338 e. The Hall–Kier alpha value is -2.15. The molecule has 2 aliphatic heterocycles. The first kappa shape index (κ1) is 20.6. The van der Waals surface area contributed by atoms with E-state index < -0.39 is 23.8 Å². The number of pyridine rings is 1. The van der Waals surface area contributed by atoms with Gasteiger partial charge < -0.3 is 19.3 Å². The summed E-state index contributed by atoms with van der Waals surface area (Å²) in [5, 5.41) is 0. The standard InChI is InChI=1S/C21H31N3O4/c1-14(2)12-16(18-20(26)28-21(4,5)27-18)19(25)24-11-10-23(13-15(24)3)17-8-6-7-9-22-17/h6-9,14-16,18H,10-13H2,1-5H3/t15-,16-,18?/m0/s1. The largest absolute Gasteiger partial charge is 0.432 e. The molecular weight excluding hydrogens is 358 g/mol. The van der Waals surface area contributed by atoms with E-state index in [1.807, 2.05) is 43.9 Å². The highest BCUT2D eigenvalue weighted by Crippen LogP contribution is 2.33. The lowest BCUT2D eigenvalue weighted by Crippen LogP contribution is -2.57. The molecule has 0 bridgehead atoms. The third-order valence-corrected chi connectivity index (χ3v) is 5.28. The Balaban J connectivity index is 1.73. The predicted octanol–water partition coefficient (Wildman–Crippen LogP) is 2.46. The van der Waals surface area contributed by atoms with E-state index >= 15 is 0 Å². The SMILES string of the molecule is CC(C)C[C@H](C(=O)N1CCN(c2ccccn2)C[C@@H]1C)C1OC(C)(C)OC1=O. The van der Waals surface area contributed by atoms with Crippen molar-refractivity contribution in [2.75, 3.05) is 24.5 Å². The van der Waals surface area contributed by atoms with Gasteiger partial charge >= 0.3 is 5.97 Å². The minimum Gasteiger partial charge on any atom is -0.432 e. The summed E-state index contributed by atoms with van der Waals surface area (Å²) in [5.74, 6) is -0.798. The van der Waals surface area contributed by atoms with Crippen LogP contribution in [0.2, 0.25) is 0 Å². The highest BCUT2D eigenvalue weighted by molar-refractivity contribution is 5.88. The summed E-state index contributed by atoms with van der Waals surface area (Å²) in [6, 6.07) is 5.86. The van der Waals surface area contributed by atoms with Crippen molar-refractivity contribution in [1.29, 1.82) is 0 Å². The predicted molar refractivity (Wildman–Crippen MR) is 106 cm³/mol. The van der Waals surface area contributed by atoms with Gasteiger partial charge in [0.1, 0.15) is 5.82 Å². The van der Waals surface area contributed by atoms with Crippen LogP contribution < -0.4 is 4.90 Å². The third-order valence-electron chi connectivity index (χ3n) is 5.28. The number of aromatic nitrogens is 1. The van der Waals surface area contributed by atoms with Crippen LogP contribution >= 0.6 is 0 Å². The lowest BCUT2D eigenvalue weighted by Gasteiger charge is -2.42. The van der Waals surface area contributed by atoms with E-state index in [0.29, 0.717) is 26.1 Å². The summed E-state index contributed by atoms with van der Waals surface area (Å²) in [6.45, 7) is 11.6. The van der Waals surface area contributed by atoms with Crippen LogP contribution in [0.4, 0.5) is 5.82 Å². The van der Waals surface area contributed by atoms with Crippen LogP contribution in [0.5, 0.6) is 0 Å². The zero-order valence-corrected chi connectivity index (χ0v) is 17.4. The Morgan fingerprint density at radius 1 is 1.32 bits per heavy atom. The van der Waals surface area contributed by atoms with E-state index in [-0.39, 0.29) is 17.9 Å². The van der Waals surface area contributed by atoms with E-state index in [4.69, 9.17) is 9.47 Å². The van der Waals surface area contributed by atoms with Gasteiger partial charge in [0.05, 0.1) is 5.92 Å². The molecule has 2 saturated heterocycles. The van der Waals surface area contributed by atoms with E-state index in [1.165, 1.54) is 0 Å². The van der Waals surface area contributed by atoms with Crippen LogP contribution in [0.25, 0.3) is 0 Å². The molecule has 28 heavy (non-hydrogen) atoms. The van der Waals surface area contributed by atoms with Gasteiger partial charge in [-0.2, -0.15) is 0 Å². The van der Waals surface area contributed by atoms with Crippen molar-refractivity contribution < 1.29 is 19.1 Å². The fourth-order valence-electron chi connectivity index (χ4n) is 4.03. The van der Waals surface area contributed by atoms with Gasteiger partial charge in [0.15, 0.2) is 6.10 Å². The molecule has 1 aromatic heterocycles. The summed E-state index contributed by atoms with van der Waals surface area (Å²) in [5.41, 5.74) is 0. The molecule has 1 amide bonds. The number of carbonyl (C=O) groups excluding carboxylic acids is 2. The molecular formula is C21H31N3O4. The Labute approximate surface area is 167 Å². The second-order valence-electron chi connectivity index (χ2n) is 8.61. The normalized spacial score (nSPS) is 25.7. The molecule has 0 spiro atoms. The monoisotopic (exact) mass is 389 g/mol. The topological polar surface area (TPSA) is 72.0 Å². The summed E-state index contributed by atoms with van der Waals surface area (Å²) in [4.78, 5) is 34.3. The molecule has 2 aliphatic rings. The Bertz CT molecular complexity index is 707. The van der Waals surface area contributed by atoms with Crippen molar-refractivity contribution >= 4 is 17.7 Å². The average molecular weight is 389 g/mol. The van der Waals surface area contributed by atoms with Crippen molar-refractivity contribution in [2.24, 2.45) is 11.8 Å². The smallest absolute Gasteiger partial charge is 0.338 e. The summed E-state index contributed by atoms with van der Waals surface area (Å²) >= 11 is 0. The molecule has 0 radical (unpaired) electrons. The lowest BCUT2D eigenvalue weighted by atomic mass is 9.90. The first-order valence-electron chi connectivity index (χ1n) is 10.0. The molecule has 7 heteroatoms. The van der Waals surface area contributed by atoms with Crippen LogP contribution in [0.1, 0.15) is 41.0 Å². The van der Waals surface area contributed by atoms with Crippen molar-refractivity contribution in [3.63, 3.8) is 0 Å². The molecule has 154 valence electrons. The number of ether oxygens (including phenoxy) is 2. The maximum atomic E-state index is 13.4. The number of piperazine rings is 1. The first-order valence-corrected chi connectivity index (χ1v) is 10.0. The van der Waals surface area contributed by atoms with E-state index in [0.717, 1.165) is 5.82 Å². The van der Waals surface area contributed by atoms with Crippen molar-refractivity contribution in [3.05, 3.63) is 24.4 Å². The molecule has 0 aromatic carbocycles. The lowest BCUT2D eigenvalue weighted by molar-refractivity contribution is -0.163. The van der Waals surface area contributed by atoms with Crippen LogP contribution in [-0.4, -0.2) is 59.3 Å². The van der Waals surface area contributed by atoms with Crippen molar-refractivity contribution in [2.45, 2.75) is 59.0 Å². The summed E-state index contributed by atoms with van der Waals surface area (Å²) in [6.07, 6.45) is 1.52. The van der Waals surface area contributed by atoms with Gasteiger partial charge in [0.25, 0.3) is 0 Å². The third kappa shape index (κ3) is 4.46. The Morgan fingerprint density at radius 2 is 2.07 bits per heavy atom. The van der Waals surface area contributed by atoms with Crippen LogP contribution in [0.15, 0.2) is 24.4 Å². The molecule has 3 heterocycles. The highest BCUT2D eigenvalue weighted by atomic mass is 16.8. The van der Waals surface area contributed by atoms with Gasteiger partial charge in [-0.25, -0.2) is 9.78 Å². The summed E-state index contributed by atoms with van der Waals surface area (Å²) in [7, 11) is 0. The number of cyclic esters (lactones) is 1. The second-order valence-corrected chi connectivity index (χ2v) is 8.61. The minimum absolute atomic E-state index is 0.0170. The molecule has 3 atom stereocenters. The second kappa shape index (κ2) is 8.07. The quantitative estimate of drug-likeness (QED) is 0.721. The number of esters is 1. The number of nitrogens with zero attached hydrogens (tertiary/aromatic N) is 3. The summed E-state index contributed by atoms with van der Waals surface area (Å²) < 4.78 is 11.1. The minimum atomic E-state index is -0.986. The number of amides is 1. The molecule has 3 rings (SSSR count). The first-order chi connectivity index (χ1) is 13.2. The van der Waals surface area contributed by atoms with Crippen LogP contribution in [0.3, 0.4) is 0 Å². The van der Waals surface area contributed by atoms with Gasteiger partial charge in [-0.3, -0.25) is 4.79 Å². The number of hydrogen-bond donors (Lipinski definition) is 0. The molecule has 7 nitrogen and oxygen atoms in total. The van der Waals surface area contributed by atoms with E-state index in [2.05, 4.69) is 9.88 Å². The number of anilines is 1. The van der Waals surface area contributed by atoms with Gasteiger partial charge in [-0.05, 0) is 31.4 Å². The van der Waals surface area contributed by atoms with E-state index in [9.17, 15) is 9.59 Å². The Morgan fingerprint density at radius 3 is 2.61 bits per heavy atom. The Kier molecular flexibility index (Phi) is 5.93. The van der Waals surface area contributed by atoms with Crippen LogP contribution in [-0.2, 0) is 19.1 Å². The number of carbonyl (C=O) groups is 2. The molecule has 2 fully saturated rings. The molecule has 0 saturated carbocycles. The fraction of sp³-hybridized carbons (Fsp3) is 0.667. The zero-order chi connectivity index (χ0) is 20.5. The van der Waals surface area contributed by atoms with Crippen molar-refractivity contribution in [1.82, 2.24) is 9.88 Å². The van der Waals surface area contributed by atoms with Crippen LogP contribution in [0, 0.1) is 11.8 Å². The van der Waals surface area contributed by atoms with Gasteiger partial charge in [-0.15, -0.1) is 0 Å².